The molecule has 28 heavy (non-hydrogen) atoms. The Hall–Kier alpha value is -3.65. The lowest BCUT2D eigenvalue weighted by atomic mass is 10.1. The van der Waals surface area contributed by atoms with Gasteiger partial charge in [0.15, 0.2) is 0 Å². The Bertz CT molecular complexity index is 821. The lowest BCUT2D eigenvalue weighted by Gasteiger charge is -1.97. The van der Waals surface area contributed by atoms with Crippen LogP contribution in [0.5, 0.6) is 5.75 Å². The molecule has 0 aliphatic heterocycles. The summed E-state index contributed by atoms with van der Waals surface area (Å²) in [6, 6.07) is 27.1. The fourth-order valence-electron chi connectivity index (χ4n) is 2.01. The number of esters is 1. The number of ether oxygens (including phenoxy) is 1. The smallest absolute Gasteiger partial charge is 0.308 e. The molecule has 0 aliphatic rings. The van der Waals surface area contributed by atoms with Crippen LogP contribution in [0.4, 0.5) is 0 Å². The number of hydrogen-bond acceptors (Lipinski definition) is 2. The van der Waals surface area contributed by atoms with E-state index in [-0.39, 0.29) is 5.97 Å². The molecule has 2 nitrogen and oxygen atoms in total. The maximum atomic E-state index is 10.4. The Balaban J connectivity index is 0.000000212. The molecule has 3 aromatic carbocycles. The molecule has 0 unspecified atom stereocenters. The second-order valence-electron chi connectivity index (χ2n) is 5.60. The van der Waals surface area contributed by atoms with Gasteiger partial charge in [0, 0.05) is 6.92 Å². The molecular formula is C26H26O2. The molecule has 0 radical (unpaired) electrons. The molecule has 0 amide bonds. The number of rotatable bonds is 4. The summed E-state index contributed by atoms with van der Waals surface area (Å²) < 4.78 is 4.78. The lowest BCUT2D eigenvalue weighted by molar-refractivity contribution is -0.131. The third kappa shape index (κ3) is 9.73. The van der Waals surface area contributed by atoms with E-state index in [2.05, 4.69) is 19.7 Å². The summed E-state index contributed by atoms with van der Waals surface area (Å²) in [5.74, 6) is 0.307. The fraction of sp³-hybridized carbons (Fsp3) is 0.0385. The molecule has 142 valence electrons. The van der Waals surface area contributed by atoms with E-state index < -0.39 is 0 Å². The van der Waals surface area contributed by atoms with Crippen LogP contribution in [0, 0.1) is 0 Å². The van der Waals surface area contributed by atoms with Crippen molar-refractivity contribution < 1.29 is 9.53 Å². The molecule has 3 aromatic rings. The highest BCUT2D eigenvalue weighted by Gasteiger charge is 1.93. The van der Waals surface area contributed by atoms with Gasteiger partial charge in [0.25, 0.3) is 0 Å². The first-order valence-corrected chi connectivity index (χ1v) is 8.85. The average molecular weight is 370 g/mol. The first-order chi connectivity index (χ1) is 13.6. The van der Waals surface area contributed by atoms with E-state index in [1.165, 1.54) is 12.5 Å². The van der Waals surface area contributed by atoms with Crippen LogP contribution in [0.25, 0.3) is 18.2 Å². The highest BCUT2D eigenvalue weighted by Crippen LogP contribution is 2.07. The summed E-state index contributed by atoms with van der Waals surface area (Å²) in [6.07, 6.45) is 5.49. The maximum Gasteiger partial charge on any atom is 0.308 e. The summed E-state index contributed by atoms with van der Waals surface area (Å²) >= 11 is 0. The van der Waals surface area contributed by atoms with Gasteiger partial charge in [-0.2, -0.15) is 0 Å². The van der Waals surface area contributed by atoms with Crippen LogP contribution in [0.3, 0.4) is 0 Å². The number of para-hydroxylation sites is 1. The third-order valence-electron chi connectivity index (χ3n) is 3.45. The minimum absolute atomic E-state index is 0.286. The third-order valence-corrected chi connectivity index (χ3v) is 3.45. The van der Waals surface area contributed by atoms with Gasteiger partial charge < -0.3 is 4.74 Å². The van der Waals surface area contributed by atoms with Gasteiger partial charge in [-0.25, -0.2) is 0 Å². The number of carbonyl (C=O) groups is 1. The topological polar surface area (TPSA) is 26.3 Å². The molecule has 0 saturated carbocycles. The number of hydrogen-bond donors (Lipinski definition) is 0. The summed E-state index contributed by atoms with van der Waals surface area (Å²) in [4.78, 5) is 10.4. The normalized spacial score (nSPS) is 8.75. The predicted molar refractivity (Wildman–Crippen MR) is 121 cm³/mol. The molecule has 0 aromatic heterocycles. The first kappa shape index (κ1) is 22.4. The predicted octanol–water partition coefficient (Wildman–Crippen LogP) is 6.91. The van der Waals surface area contributed by atoms with Crippen LogP contribution in [-0.2, 0) is 4.79 Å². The van der Waals surface area contributed by atoms with Crippen LogP contribution in [-0.4, -0.2) is 5.97 Å². The van der Waals surface area contributed by atoms with Gasteiger partial charge in [-0.3, -0.25) is 4.79 Å². The average Bonchev–Trinajstić information content (AvgIpc) is 2.75. The molecular weight excluding hydrogens is 344 g/mol. The molecule has 0 bridgehead atoms. The largest absolute Gasteiger partial charge is 0.427 e. The van der Waals surface area contributed by atoms with E-state index >= 15 is 0 Å². The standard InChI is InChI=1S/C10H10.C8H8O2.C8H8/c1-3-9-5-7-10(4-2)8-6-9;1-7(9)10-8-5-3-2-4-6-8;1-2-8-6-4-3-5-7-8/h3-8H,1-2H2;2-6H,1H3;2-7H,1H2. The van der Waals surface area contributed by atoms with Crippen LogP contribution >= 0.6 is 0 Å². The van der Waals surface area contributed by atoms with Gasteiger partial charge in [0.1, 0.15) is 5.75 Å². The summed E-state index contributed by atoms with van der Waals surface area (Å²) in [7, 11) is 0. The second kappa shape index (κ2) is 13.5. The van der Waals surface area contributed by atoms with E-state index in [1.54, 1.807) is 12.1 Å². The molecule has 0 heterocycles. The summed E-state index contributed by atoms with van der Waals surface area (Å²) in [5, 5.41) is 0. The summed E-state index contributed by atoms with van der Waals surface area (Å²) in [5.41, 5.74) is 3.46. The SMILES string of the molecule is C=Cc1ccc(C=C)cc1.C=Cc1ccccc1.CC(=O)Oc1ccccc1. The van der Waals surface area contributed by atoms with Crippen molar-refractivity contribution in [2.24, 2.45) is 0 Å². The minimum Gasteiger partial charge on any atom is -0.427 e. The zero-order valence-electron chi connectivity index (χ0n) is 16.3. The Kier molecular flexibility index (Phi) is 10.8. The van der Waals surface area contributed by atoms with Crippen molar-refractivity contribution in [1.82, 2.24) is 0 Å². The quantitative estimate of drug-likeness (QED) is 0.368. The van der Waals surface area contributed by atoms with Gasteiger partial charge in [0.05, 0.1) is 0 Å². The van der Waals surface area contributed by atoms with Crippen LogP contribution < -0.4 is 4.74 Å². The number of benzene rings is 3. The van der Waals surface area contributed by atoms with Gasteiger partial charge >= 0.3 is 5.97 Å². The van der Waals surface area contributed by atoms with E-state index in [0.717, 1.165) is 11.1 Å². The van der Waals surface area contributed by atoms with E-state index in [1.807, 2.05) is 91.0 Å². The van der Waals surface area contributed by atoms with Crippen molar-refractivity contribution in [3.05, 3.63) is 121 Å². The Morgan fingerprint density at radius 2 is 1.00 bits per heavy atom. The molecule has 2 heteroatoms. The van der Waals surface area contributed by atoms with Crippen LogP contribution in [0.2, 0.25) is 0 Å². The van der Waals surface area contributed by atoms with Gasteiger partial charge in [0.2, 0.25) is 0 Å². The molecule has 0 N–H and O–H groups in total. The van der Waals surface area contributed by atoms with Crippen molar-refractivity contribution in [1.29, 1.82) is 0 Å². The molecule has 0 fully saturated rings. The Morgan fingerprint density at radius 3 is 1.32 bits per heavy atom. The molecule has 0 atom stereocenters. The van der Waals surface area contributed by atoms with Gasteiger partial charge in [-0.1, -0.05) is 111 Å². The van der Waals surface area contributed by atoms with E-state index in [9.17, 15) is 4.79 Å². The van der Waals surface area contributed by atoms with Crippen molar-refractivity contribution in [3.8, 4) is 5.75 Å². The Labute approximate surface area is 168 Å². The van der Waals surface area contributed by atoms with E-state index in [4.69, 9.17) is 4.74 Å². The van der Waals surface area contributed by atoms with Crippen molar-refractivity contribution >= 4 is 24.2 Å². The fourth-order valence-corrected chi connectivity index (χ4v) is 2.01. The minimum atomic E-state index is -0.286. The van der Waals surface area contributed by atoms with Crippen LogP contribution in [0.15, 0.2) is 105 Å². The molecule has 0 aliphatic carbocycles. The van der Waals surface area contributed by atoms with Crippen LogP contribution in [0.1, 0.15) is 23.6 Å². The maximum absolute atomic E-state index is 10.4. The molecule has 3 rings (SSSR count). The van der Waals surface area contributed by atoms with Crippen molar-refractivity contribution in [3.63, 3.8) is 0 Å². The second-order valence-corrected chi connectivity index (χ2v) is 5.60. The van der Waals surface area contributed by atoms with Gasteiger partial charge in [-0.15, -0.1) is 0 Å². The molecule has 0 spiro atoms. The zero-order valence-corrected chi connectivity index (χ0v) is 16.3. The lowest BCUT2D eigenvalue weighted by Crippen LogP contribution is -2.00. The highest BCUT2D eigenvalue weighted by molar-refractivity contribution is 5.69. The van der Waals surface area contributed by atoms with E-state index in [0.29, 0.717) is 5.75 Å². The Morgan fingerprint density at radius 1 is 0.643 bits per heavy atom. The molecule has 0 saturated heterocycles. The van der Waals surface area contributed by atoms with Gasteiger partial charge in [-0.05, 0) is 28.8 Å². The first-order valence-electron chi connectivity index (χ1n) is 8.85. The monoisotopic (exact) mass is 370 g/mol. The zero-order chi connectivity index (χ0) is 20.6. The highest BCUT2D eigenvalue weighted by atomic mass is 16.5. The summed E-state index contributed by atoms with van der Waals surface area (Å²) in [6.45, 7) is 12.3. The van der Waals surface area contributed by atoms with Crippen molar-refractivity contribution in [2.75, 3.05) is 0 Å². The van der Waals surface area contributed by atoms with Crippen molar-refractivity contribution in [2.45, 2.75) is 6.92 Å². The number of carbonyl (C=O) groups excluding carboxylic acids is 1.